The molecule has 0 fully saturated rings. The Kier molecular flexibility index (Phi) is 4.92. The number of amides is 1. The molecule has 4 nitrogen and oxygen atoms in total. The average Bonchev–Trinajstić information content (AvgIpc) is 2.32. The quantitative estimate of drug-likeness (QED) is 0.652. The Morgan fingerprint density at radius 3 is 2.67 bits per heavy atom. The van der Waals surface area contributed by atoms with Crippen molar-refractivity contribution in [1.29, 1.82) is 0 Å². The fourth-order valence-electron chi connectivity index (χ4n) is 1.26. The smallest absolute Gasteiger partial charge is 0.253 e. The number of nitrogens with zero attached hydrogens (tertiary/aromatic N) is 1. The molecule has 5 heteroatoms. The van der Waals surface area contributed by atoms with Crippen LogP contribution < -0.4 is 11.1 Å². The first-order valence-electron chi connectivity index (χ1n) is 5.41. The zero-order valence-electron chi connectivity index (χ0n) is 10.6. The number of nitrogens with one attached hydrogen (secondary N) is 1. The van der Waals surface area contributed by atoms with Gasteiger partial charge in [0.15, 0.2) is 0 Å². The molecule has 1 aromatic carbocycles. The first-order chi connectivity index (χ1) is 8.45. The lowest BCUT2D eigenvalue weighted by Gasteiger charge is -2.08. The summed E-state index contributed by atoms with van der Waals surface area (Å²) in [6, 6.07) is 5.20. The Bertz CT molecular complexity index is 517. The van der Waals surface area contributed by atoms with Crippen LogP contribution in [0.25, 0.3) is 0 Å². The molecule has 18 heavy (non-hydrogen) atoms. The zero-order chi connectivity index (χ0) is 13.7. The monoisotopic (exact) mass is 265 g/mol. The SMILES string of the molecule is CN=Cc1cc(NC(=O)/C(C)=C(/C)N)ccc1Cl. The highest BCUT2D eigenvalue weighted by Crippen LogP contribution is 2.19. The first-order valence-corrected chi connectivity index (χ1v) is 5.79. The highest BCUT2D eigenvalue weighted by molar-refractivity contribution is 6.33. The number of halogens is 1. The van der Waals surface area contributed by atoms with Crippen molar-refractivity contribution in [2.45, 2.75) is 13.8 Å². The van der Waals surface area contributed by atoms with E-state index in [1.165, 1.54) is 0 Å². The van der Waals surface area contributed by atoms with Crippen molar-refractivity contribution in [3.05, 3.63) is 40.1 Å². The normalized spacial score (nSPS) is 12.4. The number of carbonyl (C=O) groups excluding carboxylic acids is 1. The molecule has 0 saturated carbocycles. The minimum absolute atomic E-state index is 0.225. The van der Waals surface area contributed by atoms with Crippen molar-refractivity contribution in [2.24, 2.45) is 10.7 Å². The van der Waals surface area contributed by atoms with Crippen molar-refractivity contribution in [3.63, 3.8) is 0 Å². The second kappa shape index (κ2) is 6.21. The minimum atomic E-state index is -0.225. The van der Waals surface area contributed by atoms with Gasteiger partial charge in [0.1, 0.15) is 0 Å². The molecule has 0 radical (unpaired) electrons. The van der Waals surface area contributed by atoms with Gasteiger partial charge < -0.3 is 11.1 Å². The molecule has 0 aromatic heterocycles. The molecule has 0 bridgehead atoms. The number of anilines is 1. The molecule has 0 aliphatic rings. The van der Waals surface area contributed by atoms with Crippen LogP contribution in [0, 0.1) is 0 Å². The standard InChI is InChI=1S/C13H16ClN3O/c1-8(9(2)15)13(18)17-11-4-5-12(14)10(6-11)7-16-3/h4-7H,15H2,1-3H3,(H,17,18)/b9-8-,16-7?. The van der Waals surface area contributed by atoms with Gasteiger partial charge >= 0.3 is 0 Å². The number of aliphatic imine (C=N–C) groups is 1. The number of hydrogen-bond acceptors (Lipinski definition) is 3. The topological polar surface area (TPSA) is 67.5 Å². The maximum Gasteiger partial charge on any atom is 0.253 e. The Balaban J connectivity index is 2.96. The summed E-state index contributed by atoms with van der Waals surface area (Å²) in [4.78, 5) is 15.7. The summed E-state index contributed by atoms with van der Waals surface area (Å²) in [6.07, 6.45) is 1.63. The maximum absolute atomic E-state index is 11.8. The summed E-state index contributed by atoms with van der Waals surface area (Å²) >= 11 is 5.99. The third kappa shape index (κ3) is 3.60. The second-order valence-electron chi connectivity index (χ2n) is 3.89. The maximum atomic E-state index is 11.8. The van der Waals surface area contributed by atoms with Gasteiger partial charge in [-0.25, -0.2) is 0 Å². The zero-order valence-corrected chi connectivity index (χ0v) is 11.4. The summed E-state index contributed by atoms with van der Waals surface area (Å²) in [5, 5.41) is 3.34. The lowest BCUT2D eigenvalue weighted by atomic mass is 10.2. The van der Waals surface area contributed by atoms with Crippen molar-refractivity contribution in [3.8, 4) is 0 Å². The van der Waals surface area contributed by atoms with Crippen molar-refractivity contribution < 1.29 is 4.79 Å². The van der Waals surface area contributed by atoms with Crippen LogP contribution in [-0.2, 0) is 4.79 Å². The van der Waals surface area contributed by atoms with Crippen molar-refractivity contribution >= 4 is 29.4 Å². The lowest BCUT2D eigenvalue weighted by molar-refractivity contribution is -0.112. The minimum Gasteiger partial charge on any atom is -0.402 e. The van der Waals surface area contributed by atoms with Gasteiger partial charge in [0.25, 0.3) is 5.91 Å². The van der Waals surface area contributed by atoms with E-state index in [2.05, 4.69) is 10.3 Å². The molecule has 0 aliphatic heterocycles. The summed E-state index contributed by atoms with van der Waals surface area (Å²) in [6.45, 7) is 3.36. The third-order valence-electron chi connectivity index (χ3n) is 2.45. The van der Waals surface area contributed by atoms with Crippen LogP contribution in [-0.4, -0.2) is 19.2 Å². The van der Waals surface area contributed by atoms with Gasteiger partial charge in [0.05, 0.1) is 0 Å². The van der Waals surface area contributed by atoms with E-state index in [1.807, 2.05) is 0 Å². The molecule has 0 saturated heterocycles. The van der Waals surface area contributed by atoms with E-state index in [0.29, 0.717) is 22.0 Å². The van der Waals surface area contributed by atoms with Gasteiger partial charge in [-0.2, -0.15) is 0 Å². The van der Waals surface area contributed by atoms with E-state index >= 15 is 0 Å². The predicted octanol–water partition coefficient (Wildman–Crippen LogP) is 2.58. The lowest BCUT2D eigenvalue weighted by Crippen LogP contribution is -2.16. The van der Waals surface area contributed by atoms with Crippen LogP contribution in [0.15, 0.2) is 34.5 Å². The molecule has 3 N–H and O–H groups in total. The van der Waals surface area contributed by atoms with E-state index in [1.54, 1.807) is 45.3 Å². The van der Waals surface area contributed by atoms with Crippen LogP contribution >= 0.6 is 11.6 Å². The number of rotatable bonds is 3. The van der Waals surface area contributed by atoms with Crippen LogP contribution in [0.4, 0.5) is 5.69 Å². The van der Waals surface area contributed by atoms with Gasteiger partial charge in [-0.05, 0) is 32.0 Å². The van der Waals surface area contributed by atoms with Gasteiger partial charge in [0.2, 0.25) is 0 Å². The number of benzene rings is 1. The van der Waals surface area contributed by atoms with Crippen molar-refractivity contribution in [2.75, 3.05) is 12.4 Å². The van der Waals surface area contributed by atoms with Crippen LogP contribution in [0.1, 0.15) is 19.4 Å². The highest BCUT2D eigenvalue weighted by atomic mass is 35.5. The average molecular weight is 266 g/mol. The molecule has 0 aliphatic carbocycles. The van der Waals surface area contributed by atoms with Gasteiger partial charge in [-0.15, -0.1) is 0 Å². The molecular formula is C13H16ClN3O. The number of allylic oxidation sites excluding steroid dienone is 1. The van der Waals surface area contributed by atoms with Crippen LogP contribution in [0.2, 0.25) is 5.02 Å². The summed E-state index contributed by atoms with van der Waals surface area (Å²) in [5.74, 6) is -0.225. The second-order valence-corrected chi connectivity index (χ2v) is 4.29. The molecular weight excluding hydrogens is 250 g/mol. The molecule has 1 amide bonds. The first kappa shape index (κ1) is 14.3. The fraction of sp³-hybridized carbons (Fsp3) is 0.231. The molecule has 1 rings (SSSR count). The summed E-state index contributed by atoms with van der Waals surface area (Å²) < 4.78 is 0. The van der Waals surface area contributed by atoms with Gasteiger partial charge in [0, 0.05) is 40.8 Å². The Morgan fingerprint density at radius 2 is 2.11 bits per heavy atom. The largest absolute Gasteiger partial charge is 0.402 e. The fourth-order valence-corrected chi connectivity index (χ4v) is 1.43. The van der Waals surface area contributed by atoms with E-state index in [-0.39, 0.29) is 5.91 Å². The van der Waals surface area contributed by atoms with Crippen LogP contribution in [0.3, 0.4) is 0 Å². The highest BCUT2D eigenvalue weighted by Gasteiger charge is 2.07. The Hall–Kier alpha value is -1.81. The number of carbonyl (C=O) groups is 1. The summed E-state index contributed by atoms with van der Waals surface area (Å²) in [7, 11) is 1.66. The van der Waals surface area contributed by atoms with Gasteiger partial charge in [-0.3, -0.25) is 9.79 Å². The number of nitrogens with two attached hydrogens (primary N) is 1. The molecule has 0 unspecified atom stereocenters. The Morgan fingerprint density at radius 1 is 1.44 bits per heavy atom. The molecule has 1 aromatic rings. The summed E-state index contributed by atoms with van der Waals surface area (Å²) in [5.41, 5.74) is 7.97. The van der Waals surface area contributed by atoms with Crippen LogP contribution in [0.5, 0.6) is 0 Å². The molecule has 0 atom stereocenters. The molecule has 0 spiro atoms. The molecule has 96 valence electrons. The third-order valence-corrected chi connectivity index (χ3v) is 2.80. The predicted molar refractivity (Wildman–Crippen MR) is 76.2 cm³/mol. The number of hydrogen-bond donors (Lipinski definition) is 2. The van der Waals surface area contributed by atoms with E-state index in [0.717, 1.165) is 5.56 Å². The van der Waals surface area contributed by atoms with E-state index in [4.69, 9.17) is 17.3 Å². The van der Waals surface area contributed by atoms with Crippen molar-refractivity contribution in [1.82, 2.24) is 0 Å². The van der Waals surface area contributed by atoms with E-state index in [9.17, 15) is 4.79 Å². The molecule has 0 heterocycles. The van der Waals surface area contributed by atoms with E-state index < -0.39 is 0 Å². The Labute approximate surface area is 112 Å². The van der Waals surface area contributed by atoms with Gasteiger partial charge in [-0.1, -0.05) is 11.6 Å².